The lowest BCUT2D eigenvalue weighted by atomic mass is 9.79. The van der Waals surface area contributed by atoms with Gasteiger partial charge in [-0.05, 0) is 44.9 Å². The summed E-state index contributed by atoms with van der Waals surface area (Å²) < 4.78 is 31.7. The fourth-order valence-electron chi connectivity index (χ4n) is 4.24. The molecule has 11 heteroatoms. The smallest absolute Gasteiger partial charge is 0.475 e. The third kappa shape index (κ3) is 6.26. The molecule has 2 aromatic heterocycles. The number of carboxylic acid groups (broad SMARTS) is 1. The normalized spacial score (nSPS) is 21.3. The Balaban J connectivity index is 0.000000360. The molecule has 2 aliphatic rings. The van der Waals surface area contributed by atoms with Gasteiger partial charge in [0.05, 0.1) is 6.20 Å². The number of piperidine rings is 1. The fourth-order valence-corrected chi connectivity index (χ4v) is 5.17. The summed E-state index contributed by atoms with van der Waals surface area (Å²) in [4.78, 5) is 37.2. The molecular weight excluding hydrogens is 445 g/mol. The van der Waals surface area contributed by atoms with E-state index in [-0.39, 0.29) is 11.3 Å². The van der Waals surface area contributed by atoms with Gasteiger partial charge in [0.2, 0.25) is 0 Å². The van der Waals surface area contributed by atoms with Crippen molar-refractivity contribution in [1.82, 2.24) is 19.8 Å². The fraction of sp³-hybridized carbons (Fsp3) is 0.524. The van der Waals surface area contributed by atoms with Crippen LogP contribution in [-0.2, 0) is 11.3 Å². The average Bonchev–Trinajstić information content (AvgIpc) is 3.33. The van der Waals surface area contributed by atoms with Gasteiger partial charge in [0.1, 0.15) is 5.69 Å². The van der Waals surface area contributed by atoms with Crippen LogP contribution >= 0.6 is 11.3 Å². The molecule has 2 aromatic rings. The summed E-state index contributed by atoms with van der Waals surface area (Å²) >= 11 is 1.89. The van der Waals surface area contributed by atoms with Gasteiger partial charge < -0.3 is 10.0 Å². The van der Waals surface area contributed by atoms with Gasteiger partial charge in [-0.25, -0.2) is 9.78 Å². The Morgan fingerprint density at radius 1 is 1.19 bits per heavy atom. The summed E-state index contributed by atoms with van der Waals surface area (Å²) in [7, 11) is 0. The van der Waals surface area contributed by atoms with E-state index < -0.39 is 12.1 Å². The summed E-state index contributed by atoms with van der Waals surface area (Å²) in [5.41, 5.74) is 0.714. The molecule has 4 heterocycles. The summed E-state index contributed by atoms with van der Waals surface area (Å²) in [5.74, 6) is -2.73. The zero-order chi connectivity index (χ0) is 23.4. The number of hydrogen-bond acceptors (Lipinski definition) is 6. The number of amides is 1. The van der Waals surface area contributed by atoms with Gasteiger partial charge in [-0.3, -0.25) is 14.7 Å². The van der Waals surface area contributed by atoms with Crippen molar-refractivity contribution in [1.29, 1.82) is 0 Å². The van der Waals surface area contributed by atoms with E-state index in [1.54, 1.807) is 18.6 Å². The number of carboxylic acids is 1. The zero-order valence-electron chi connectivity index (χ0n) is 17.6. The van der Waals surface area contributed by atoms with Crippen LogP contribution in [0.25, 0.3) is 0 Å². The largest absolute Gasteiger partial charge is 0.490 e. The predicted molar refractivity (Wildman–Crippen MR) is 112 cm³/mol. The standard InChI is InChI=1S/C19H24N4OS.C2HF3O2/c1-15-3-4-16(25-15)12-22-10-6-19(13-22)5-2-9-23(14-19)18(24)17-11-20-7-8-21-17;3-2(4,5)1(6)7/h3-4,7-8,11H,2,5-6,9-10,12-14H2,1H3;(H,6,7). The minimum absolute atomic E-state index is 0.0273. The van der Waals surface area contributed by atoms with E-state index in [0.29, 0.717) is 5.69 Å². The highest BCUT2D eigenvalue weighted by Crippen LogP contribution is 2.40. The molecule has 0 radical (unpaired) electrons. The first-order valence-corrected chi connectivity index (χ1v) is 11.0. The highest BCUT2D eigenvalue weighted by atomic mass is 32.1. The van der Waals surface area contributed by atoms with E-state index >= 15 is 0 Å². The third-order valence-electron chi connectivity index (χ3n) is 5.67. The minimum Gasteiger partial charge on any atom is -0.475 e. The van der Waals surface area contributed by atoms with E-state index in [9.17, 15) is 18.0 Å². The number of hydrogen-bond donors (Lipinski definition) is 1. The van der Waals surface area contributed by atoms with Crippen LogP contribution in [-0.4, -0.2) is 69.1 Å². The quantitative estimate of drug-likeness (QED) is 0.738. The first-order valence-electron chi connectivity index (χ1n) is 10.2. The second kappa shape index (κ2) is 9.95. The molecule has 2 saturated heterocycles. The highest BCUT2D eigenvalue weighted by molar-refractivity contribution is 7.11. The van der Waals surface area contributed by atoms with Crippen LogP contribution in [0.3, 0.4) is 0 Å². The molecule has 0 aromatic carbocycles. The molecule has 32 heavy (non-hydrogen) atoms. The minimum atomic E-state index is -5.08. The molecule has 174 valence electrons. The van der Waals surface area contributed by atoms with Gasteiger partial charge in [0.15, 0.2) is 0 Å². The van der Waals surface area contributed by atoms with Gasteiger partial charge in [-0.1, -0.05) is 0 Å². The number of aryl methyl sites for hydroxylation is 1. The Morgan fingerprint density at radius 3 is 2.53 bits per heavy atom. The Hall–Kier alpha value is -2.53. The topological polar surface area (TPSA) is 86.6 Å². The molecule has 2 aliphatic heterocycles. The number of carbonyl (C=O) groups is 2. The molecule has 4 rings (SSSR count). The molecule has 1 spiro atoms. The van der Waals surface area contributed by atoms with Crippen molar-refractivity contribution < 1.29 is 27.9 Å². The average molecular weight is 471 g/mol. The number of aliphatic carboxylic acids is 1. The van der Waals surface area contributed by atoms with Crippen molar-refractivity contribution in [2.45, 2.75) is 38.9 Å². The first kappa shape index (κ1) is 24.1. The van der Waals surface area contributed by atoms with Gasteiger partial charge >= 0.3 is 12.1 Å². The van der Waals surface area contributed by atoms with E-state index in [4.69, 9.17) is 9.90 Å². The maximum atomic E-state index is 12.7. The number of aromatic nitrogens is 2. The lowest BCUT2D eigenvalue weighted by molar-refractivity contribution is -0.192. The van der Waals surface area contributed by atoms with Crippen LogP contribution in [0.5, 0.6) is 0 Å². The van der Waals surface area contributed by atoms with Crippen molar-refractivity contribution in [2.75, 3.05) is 26.2 Å². The number of nitrogens with zero attached hydrogens (tertiary/aromatic N) is 4. The van der Waals surface area contributed by atoms with Crippen molar-refractivity contribution in [3.63, 3.8) is 0 Å². The summed E-state index contributed by atoms with van der Waals surface area (Å²) in [6.45, 7) is 7.11. The van der Waals surface area contributed by atoms with Crippen LogP contribution in [0, 0.1) is 12.3 Å². The number of carbonyl (C=O) groups excluding carboxylic acids is 1. The molecule has 7 nitrogen and oxygen atoms in total. The zero-order valence-corrected chi connectivity index (χ0v) is 18.5. The van der Waals surface area contributed by atoms with Gasteiger partial charge in [-0.15, -0.1) is 11.3 Å². The number of halogens is 3. The van der Waals surface area contributed by atoms with Crippen LogP contribution in [0.4, 0.5) is 13.2 Å². The number of rotatable bonds is 3. The number of alkyl halides is 3. The molecular formula is C21H25F3N4O3S. The van der Waals surface area contributed by atoms with Crippen molar-refractivity contribution in [3.8, 4) is 0 Å². The highest BCUT2D eigenvalue weighted by Gasteiger charge is 2.42. The maximum absolute atomic E-state index is 12.7. The van der Waals surface area contributed by atoms with E-state index in [0.717, 1.165) is 39.1 Å². The molecule has 2 fully saturated rings. The van der Waals surface area contributed by atoms with E-state index in [1.807, 2.05) is 16.2 Å². The molecule has 1 amide bonds. The Bertz CT molecular complexity index is 938. The van der Waals surface area contributed by atoms with Crippen molar-refractivity contribution >= 4 is 23.2 Å². The summed E-state index contributed by atoms with van der Waals surface area (Å²) in [6, 6.07) is 4.45. The molecule has 1 unspecified atom stereocenters. The van der Waals surface area contributed by atoms with Crippen molar-refractivity contribution in [2.24, 2.45) is 5.41 Å². The monoisotopic (exact) mass is 470 g/mol. The van der Waals surface area contributed by atoms with Crippen LogP contribution in [0.2, 0.25) is 0 Å². The summed E-state index contributed by atoms with van der Waals surface area (Å²) in [5, 5.41) is 7.12. The second-order valence-corrected chi connectivity index (χ2v) is 9.57. The lowest BCUT2D eigenvalue weighted by Gasteiger charge is -2.40. The molecule has 0 aliphatic carbocycles. The molecule has 1 atom stereocenters. The maximum Gasteiger partial charge on any atom is 0.490 e. The number of likely N-dealkylation sites (tertiary alicyclic amines) is 2. The summed E-state index contributed by atoms with van der Waals surface area (Å²) in [6.07, 6.45) is 3.17. The molecule has 1 N–H and O–H groups in total. The SMILES string of the molecule is Cc1ccc(CN2CCC3(CCCN(C(=O)c4cnccn4)C3)C2)s1.O=C(O)C(F)(F)F. The van der Waals surface area contributed by atoms with Gasteiger partial charge in [0, 0.05) is 53.7 Å². The van der Waals surface area contributed by atoms with E-state index in [2.05, 4.69) is 33.9 Å². The Labute approximate surface area is 187 Å². The van der Waals surface area contributed by atoms with Crippen LogP contribution < -0.4 is 0 Å². The van der Waals surface area contributed by atoms with Crippen LogP contribution in [0.1, 0.15) is 39.5 Å². The van der Waals surface area contributed by atoms with Gasteiger partial charge in [0.25, 0.3) is 5.91 Å². The predicted octanol–water partition coefficient (Wildman–Crippen LogP) is 3.61. The Morgan fingerprint density at radius 2 is 1.94 bits per heavy atom. The molecule has 0 bridgehead atoms. The Kier molecular flexibility index (Phi) is 7.50. The third-order valence-corrected chi connectivity index (χ3v) is 6.65. The van der Waals surface area contributed by atoms with Crippen LogP contribution in [0.15, 0.2) is 30.7 Å². The second-order valence-electron chi connectivity index (χ2n) is 8.20. The first-order chi connectivity index (χ1) is 15.1. The van der Waals surface area contributed by atoms with E-state index in [1.165, 1.54) is 22.6 Å². The molecule has 0 saturated carbocycles. The number of thiophene rings is 1. The van der Waals surface area contributed by atoms with Gasteiger partial charge in [-0.2, -0.15) is 13.2 Å². The lowest BCUT2D eigenvalue weighted by Crippen LogP contribution is -2.47. The van der Waals surface area contributed by atoms with Crippen molar-refractivity contribution in [3.05, 3.63) is 46.2 Å².